The first-order valence-electron chi connectivity index (χ1n) is 9.64. The maximum atomic E-state index is 13.4. The Morgan fingerprint density at radius 2 is 2.13 bits per heavy atom. The predicted molar refractivity (Wildman–Crippen MR) is 125 cm³/mol. The van der Waals surface area contributed by atoms with E-state index in [1.165, 1.54) is 23.1 Å². The Hall–Kier alpha value is -1.87. The third kappa shape index (κ3) is 5.06. The summed E-state index contributed by atoms with van der Waals surface area (Å²) in [4.78, 5) is 30.9. The van der Waals surface area contributed by atoms with Crippen LogP contribution in [-0.2, 0) is 16.1 Å². The number of thiophene rings is 1. The number of rotatable bonds is 9. The van der Waals surface area contributed by atoms with Crippen LogP contribution in [0.3, 0.4) is 0 Å². The molecule has 0 saturated heterocycles. The fraction of sp³-hybridized carbons (Fsp3) is 0.381. The lowest BCUT2D eigenvalue weighted by Gasteiger charge is -2.14. The predicted octanol–water partition coefficient (Wildman–Crippen LogP) is 4.43. The maximum Gasteiger partial charge on any atom is 0.263 e. The zero-order chi connectivity index (χ0) is 21.7. The molecule has 3 aromatic rings. The molecule has 30 heavy (non-hydrogen) atoms. The van der Waals surface area contributed by atoms with Crippen molar-refractivity contribution in [3.63, 3.8) is 0 Å². The Kier molecular flexibility index (Phi) is 7.93. The van der Waals surface area contributed by atoms with Crippen LogP contribution in [0, 0.1) is 0 Å². The first-order chi connectivity index (χ1) is 14.5. The summed E-state index contributed by atoms with van der Waals surface area (Å²) in [6.07, 6.45) is 0.860. The van der Waals surface area contributed by atoms with Crippen LogP contribution in [0.1, 0.15) is 20.3 Å². The van der Waals surface area contributed by atoms with Crippen LogP contribution in [0.15, 0.2) is 39.6 Å². The van der Waals surface area contributed by atoms with Crippen LogP contribution in [0.5, 0.6) is 0 Å². The molecule has 0 spiro atoms. The number of thioether (sulfide) groups is 1. The van der Waals surface area contributed by atoms with Gasteiger partial charge >= 0.3 is 0 Å². The second-order valence-electron chi connectivity index (χ2n) is 6.82. The van der Waals surface area contributed by atoms with Crippen molar-refractivity contribution in [1.29, 1.82) is 0 Å². The quantitative estimate of drug-likeness (QED) is 0.373. The Balaban J connectivity index is 2.01. The monoisotopic (exact) mass is 465 g/mol. The molecule has 2 aromatic heterocycles. The number of carbonyl (C=O) groups excluding carboxylic acids is 1. The number of halogens is 1. The average Bonchev–Trinajstić information content (AvgIpc) is 3.16. The molecule has 0 radical (unpaired) electrons. The lowest BCUT2D eigenvalue weighted by atomic mass is 10.1. The summed E-state index contributed by atoms with van der Waals surface area (Å²) in [6.45, 7) is 4.70. The topological polar surface area (TPSA) is 73.2 Å². The molecule has 1 unspecified atom stereocenters. The average molecular weight is 466 g/mol. The molecule has 0 saturated carbocycles. The molecule has 0 aliphatic heterocycles. The summed E-state index contributed by atoms with van der Waals surface area (Å²) in [5.74, 6) is 0.114. The van der Waals surface area contributed by atoms with E-state index >= 15 is 0 Å². The van der Waals surface area contributed by atoms with Gasteiger partial charge in [0.1, 0.15) is 4.83 Å². The zero-order valence-electron chi connectivity index (χ0n) is 17.1. The van der Waals surface area contributed by atoms with Gasteiger partial charge in [-0.1, -0.05) is 48.5 Å². The zero-order valence-corrected chi connectivity index (χ0v) is 19.5. The summed E-state index contributed by atoms with van der Waals surface area (Å²) >= 11 is 9.03. The van der Waals surface area contributed by atoms with E-state index in [4.69, 9.17) is 21.3 Å². The highest BCUT2D eigenvalue weighted by Crippen LogP contribution is 2.35. The van der Waals surface area contributed by atoms with Crippen molar-refractivity contribution in [3.8, 4) is 11.1 Å². The standard InChI is InChI=1S/C21H24ClN3O3S2/c1-4-13(2)23-17(26)12-30-21-24-19-18(20(27)25(21)9-10-28-3)15(11-29-19)14-7-5-6-8-16(14)22/h5-8,11,13H,4,9-10,12H2,1-3H3,(H,23,26). The normalized spacial score (nSPS) is 12.3. The molecule has 0 aliphatic rings. The number of ether oxygens (including phenoxy) is 1. The van der Waals surface area contributed by atoms with E-state index in [0.29, 0.717) is 33.5 Å². The molecule has 160 valence electrons. The number of aromatic nitrogens is 2. The van der Waals surface area contributed by atoms with Crippen molar-refractivity contribution < 1.29 is 9.53 Å². The molecule has 1 N–H and O–H groups in total. The van der Waals surface area contributed by atoms with Crippen LogP contribution in [0.2, 0.25) is 5.02 Å². The highest BCUT2D eigenvalue weighted by Gasteiger charge is 2.19. The van der Waals surface area contributed by atoms with Gasteiger partial charge in [-0.15, -0.1) is 11.3 Å². The van der Waals surface area contributed by atoms with Crippen molar-refractivity contribution in [2.24, 2.45) is 0 Å². The van der Waals surface area contributed by atoms with Gasteiger partial charge in [0.25, 0.3) is 5.56 Å². The van der Waals surface area contributed by atoms with Gasteiger partial charge in [0.15, 0.2) is 5.16 Å². The lowest BCUT2D eigenvalue weighted by molar-refractivity contribution is -0.119. The summed E-state index contributed by atoms with van der Waals surface area (Å²) < 4.78 is 6.76. The molecular formula is C21H24ClN3O3S2. The van der Waals surface area contributed by atoms with E-state index in [9.17, 15) is 9.59 Å². The Morgan fingerprint density at radius 3 is 2.83 bits per heavy atom. The fourth-order valence-corrected chi connectivity index (χ4v) is 4.98. The molecule has 1 aromatic carbocycles. The number of nitrogens with zero attached hydrogens (tertiary/aromatic N) is 2. The number of carbonyl (C=O) groups is 1. The number of fused-ring (bicyclic) bond motifs is 1. The number of methoxy groups -OCH3 is 1. The van der Waals surface area contributed by atoms with Crippen LogP contribution >= 0.6 is 34.7 Å². The van der Waals surface area contributed by atoms with Gasteiger partial charge in [0, 0.05) is 34.7 Å². The molecule has 1 amide bonds. The van der Waals surface area contributed by atoms with Gasteiger partial charge in [-0.25, -0.2) is 4.98 Å². The van der Waals surface area contributed by atoms with Gasteiger partial charge in [0.2, 0.25) is 5.91 Å². The number of benzene rings is 1. The highest BCUT2D eigenvalue weighted by atomic mass is 35.5. The fourth-order valence-electron chi connectivity index (χ4n) is 2.92. The van der Waals surface area contributed by atoms with E-state index in [1.807, 2.05) is 37.4 Å². The molecular weight excluding hydrogens is 442 g/mol. The van der Waals surface area contributed by atoms with Crippen LogP contribution < -0.4 is 10.9 Å². The number of nitrogens with one attached hydrogen (secondary N) is 1. The first-order valence-corrected chi connectivity index (χ1v) is 11.9. The Morgan fingerprint density at radius 1 is 1.37 bits per heavy atom. The highest BCUT2D eigenvalue weighted by molar-refractivity contribution is 7.99. The number of hydrogen-bond donors (Lipinski definition) is 1. The SMILES string of the molecule is CCC(C)NC(=O)CSc1nc2scc(-c3ccccc3Cl)c2c(=O)n1CCOC. The summed E-state index contributed by atoms with van der Waals surface area (Å²) in [5, 5.41) is 6.48. The van der Waals surface area contributed by atoms with Gasteiger partial charge < -0.3 is 10.1 Å². The molecule has 2 heterocycles. The van der Waals surface area contributed by atoms with Crippen LogP contribution in [-0.4, -0.2) is 41.0 Å². The van der Waals surface area contributed by atoms with Gasteiger partial charge in [-0.3, -0.25) is 14.2 Å². The minimum absolute atomic E-state index is 0.0788. The van der Waals surface area contributed by atoms with E-state index in [2.05, 4.69) is 5.32 Å². The minimum atomic E-state index is -0.155. The van der Waals surface area contributed by atoms with Gasteiger partial charge in [-0.2, -0.15) is 0 Å². The molecule has 1 atom stereocenters. The van der Waals surface area contributed by atoms with E-state index in [0.717, 1.165) is 17.5 Å². The second kappa shape index (κ2) is 10.4. The molecule has 0 aliphatic carbocycles. The third-order valence-corrected chi connectivity index (χ3v) is 6.87. The third-order valence-electron chi connectivity index (χ3n) is 4.69. The van der Waals surface area contributed by atoms with Crippen molar-refractivity contribution in [2.75, 3.05) is 19.5 Å². The Bertz CT molecular complexity index is 1100. The molecule has 3 rings (SSSR count). The van der Waals surface area contributed by atoms with Gasteiger partial charge in [0.05, 0.1) is 24.3 Å². The summed E-state index contributed by atoms with van der Waals surface area (Å²) in [6, 6.07) is 7.55. The smallest absolute Gasteiger partial charge is 0.263 e. The molecule has 9 heteroatoms. The van der Waals surface area contributed by atoms with Crippen molar-refractivity contribution >= 4 is 50.8 Å². The first kappa shape index (κ1) is 22.8. The Labute approximate surface area is 188 Å². The largest absolute Gasteiger partial charge is 0.383 e. The van der Waals surface area contributed by atoms with Crippen LogP contribution in [0.4, 0.5) is 0 Å². The number of amides is 1. The van der Waals surface area contributed by atoms with Crippen molar-refractivity contribution in [1.82, 2.24) is 14.9 Å². The minimum Gasteiger partial charge on any atom is -0.383 e. The van der Waals surface area contributed by atoms with E-state index in [1.54, 1.807) is 17.7 Å². The molecule has 0 fully saturated rings. The van der Waals surface area contributed by atoms with Crippen molar-refractivity contribution in [2.45, 2.75) is 38.0 Å². The molecule has 0 bridgehead atoms. The molecule has 6 nitrogen and oxygen atoms in total. The van der Waals surface area contributed by atoms with Crippen LogP contribution in [0.25, 0.3) is 21.3 Å². The van der Waals surface area contributed by atoms with E-state index in [-0.39, 0.29) is 23.3 Å². The summed E-state index contributed by atoms with van der Waals surface area (Å²) in [7, 11) is 1.59. The number of hydrogen-bond acceptors (Lipinski definition) is 6. The lowest BCUT2D eigenvalue weighted by Crippen LogP contribution is -2.33. The second-order valence-corrected chi connectivity index (χ2v) is 9.03. The van der Waals surface area contributed by atoms with E-state index < -0.39 is 0 Å². The summed E-state index contributed by atoms with van der Waals surface area (Å²) in [5.41, 5.74) is 1.42. The maximum absolute atomic E-state index is 13.4. The van der Waals surface area contributed by atoms with Gasteiger partial charge in [-0.05, 0) is 19.4 Å². The van der Waals surface area contributed by atoms with Crippen molar-refractivity contribution in [3.05, 3.63) is 45.0 Å².